The van der Waals surface area contributed by atoms with Crippen molar-refractivity contribution in [2.24, 2.45) is 0 Å². The molecule has 0 saturated carbocycles. The van der Waals surface area contributed by atoms with Crippen LogP contribution in [0.2, 0.25) is 0 Å². The lowest BCUT2D eigenvalue weighted by atomic mass is 10.0. The van der Waals surface area contributed by atoms with Gasteiger partial charge >= 0.3 is 0 Å². The second kappa shape index (κ2) is 6.37. The average molecular weight is 267 g/mol. The third-order valence-electron chi connectivity index (χ3n) is 4.20. The Hall–Kier alpha value is -1.10. The van der Waals surface area contributed by atoms with Gasteiger partial charge in [-0.2, -0.15) is 0 Å². The predicted molar refractivity (Wildman–Crippen MR) is 73.7 cm³/mol. The summed E-state index contributed by atoms with van der Waals surface area (Å²) in [5.74, 6) is 0.143. The summed E-state index contributed by atoms with van der Waals surface area (Å²) >= 11 is 0. The van der Waals surface area contributed by atoms with E-state index < -0.39 is 0 Å². The molecule has 1 unspecified atom stereocenters. The summed E-state index contributed by atoms with van der Waals surface area (Å²) in [4.78, 5) is 28.5. The molecule has 19 heavy (non-hydrogen) atoms. The molecule has 0 radical (unpaired) electrons. The molecule has 0 aromatic rings. The molecule has 0 aliphatic carbocycles. The first-order valence-electron chi connectivity index (χ1n) is 7.40. The number of piperidine rings is 1. The summed E-state index contributed by atoms with van der Waals surface area (Å²) in [5, 5.41) is 2.87. The SMILES string of the molecule is CCCC1NC(=O)CCN(C2CCN(C)CC2)C1=O. The lowest BCUT2D eigenvalue weighted by Crippen LogP contribution is -2.51. The number of nitrogens with one attached hydrogen (secondary N) is 1. The zero-order chi connectivity index (χ0) is 13.8. The van der Waals surface area contributed by atoms with Gasteiger partial charge in [0.1, 0.15) is 6.04 Å². The molecule has 2 fully saturated rings. The lowest BCUT2D eigenvalue weighted by molar-refractivity contribution is -0.136. The van der Waals surface area contributed by atoms with E-state index in [2.05, 4.69) is 17.3 Å². The third-order valence-corrected chi connectivity index (χ3v) is 4.20. The summed E-state index contributed by atoms with van der Waals surface area (Å²) in [5.41, 5.74) is 0. The maximum absolute atomic E-state index is 12.6. The van der Waals surface area contributed by atoms with Crippen LogP contribution in [0.15, 0.2) is 0 Å². The number of hydrogen-bond acceptors (Lipinski definition) is 3. The minimum absolute atomic E-state index is 0.0160. The fraction of sp³-hybridized carbons (Fsp3) is 0.857. The number of amides is 2. The number of carbonyl (C=O) groups excluding carboxylic acids is 2. The maximum Gasteiger partial charge on any atom is 0.245 e. The van der Waals surface area contributed by atoms with Crippen LogP contribution in [-0.2, 0) is 9.59 Å². The Morgan fingerprint density at radius 3 is 2.53 bits per heavy atom. The topological polar surface area (TPSA) is 52.7 Å². The maximum atomic E-state index is 12.6. The summed E-state index contributed by atoms with van der Waals surface area (Å²) in [7, 11) is 2.12. The van der Waals surface area contributed by atoms with E-state index in [0.717, 1.165) is 38.8 Å². The first-order chi connectivity index (χ1) is 9.11. The number of nitrogens with zero attached hydrogens (tertiary/aromatic N) is 2. The van der Waals surface area contributed by atoms with Gasteiger partial charge in [0.15, 0.2) is 0 Å². The summed E-state index contributed by atoms with van der Waals surface area (Å²) in [6.07, 6.45) is 4.15. The van der Waals surface area contributed by atoms with E-state index in [-0.39, 0.29) is 17.9 Å². The smallest absolute Gasteiger partial charge is 0.245 e. The lowest BCUT2D eigenvalue weighted by Gasteiger charge is -2.37. The van der Waals surface area contributed by atoms with Crippen molar-refractivity contribution in [1.29, 1.82) is 0 Å². The number of likely N-dealkylation sites (tertiary alicyclic amines) is 1. The molecule has 108 valence electrons. The molecule has 2 amide bonds. The molecule has 2 saturated heterocycles. The Bertz CT molecular complexity index is 338. The van der Waals surface area contributed by atoms with Crippen molar-refractivity contribution < 1.29 is 9.59 Å². The molecular formula is C14H25N3O2. The van der Waals surface area contributed by atoms with Crippen LogP contribution >= 0.6 is 0 Å². The van der Waals surface area contributed by atoms with Crippen molar-refractivity contribution in [1.82, 2.24) is 15.1 Å². The molecule has 1 N–H and O–H groups in total. The first-order valence-corrected chi connectivity index (χ1v) is 7.40. The van der Waals surface area contributed by atoms with Crippen LogP contribution < -0.4 is 5.32 Å². The number of rotatable bonds is 3. The van der Waals surface area contributed by atoms with Crippen molar-refractivity contribution in [3.05, 3.63) is 0 Å². The standard InChI is InChI=1S/C14H25N3O2/c1-3-4-12-14(19)17(10-7-13(18)15-12)11-5-8-16(2)9-6-11/h11-12H,3-10H2,1-2H3,(H,15,18). The second-order valence-corrected chi connectivity index (χ2v) is 5.72. The van der Waals surface area contributed by atoms with Gasteiger partial charge < -0.3 is 15.1 Å². The van der Waals surface area contributed by atoms with Crippen molar-refractivity contribution >= 4 is 11.8 Å². The van der Waals surface area contributed by atoms with E-state index in [4.69, 9.17) is 0 Å². The third kappa shape index (κ3) is 3.47. The van der Waals surface area contributed by atoms with Gasteiger partial charge in [0, 0.05) is 19.0 Å². The van der Waals surface area contributed by atoms with Gasteiger partial charge in [-0.3, -0.25) is 9.59 Å². The van der Waals surface area contributed by atoms with Gasteiger partial charge in [0.2, 0.25) is 11.8 Å². The molecule has 0 aromatic carbocycles. The van der Waals surface area contributed by atoms with Crippen LogP contribution in [0.25, 0.3) is 0 Å². The average Bonchev–Trinajstić information content (AvgIpc) is 2.52. The van der Waals surface area contributed by atoms with Crippen LogP contribution in [0.3, 0.4) is 0 Å². The molecule has 2 rings (SSSR count). The molecular weight excluding hydrogens is 242 g/mol. The fourth-order valence-corrected chi connectivity index (χ4v) is 3.01. The van der Waals surface area contributed by atoms with Crippen molar-refractivity contribution in [3.63, 3.8) is 0 Å². The molecule has 2 aliphatic heterocycles. The van der Waals surface area contributed by atoms with E-state index >= 15 is 0 Å². The van der Waals surface area contributed by atoms with Crippen LogP contribution in [0.5, 0.6) is 0 Å². The minimum atomic E-state index is -0.306. The zero-order valence-corrected chi connectivity index (χ0v) is 12.0. The number of hydrogen-bond donors (Lipinski definition) is 1. The van der Waals surface area contributed by atoms with Crippen LogP contribution in [0.1, 0.15) is 39.0 Å². The highest BCUT2D eigenvalue weighted by molar-refractivity contribution is 5.90. The molecule has 1 atom stereocenters. The predicted octanol–water partition coefficient (Wildman–Crippen LogP) is 0.598. The molecule has 0 aromatic heterocycles. The molecule has 5 heteroatoms. The quantitative estimate of drug-likeness (QED) is 0.814. The first kappa shape index (κ1) is 14.3. The highest BCUT2D eigenvalue weighted by Gasteiger charge is 2.34. The van der Waals surface area contributed by atoms with E-state index in [1.54, 1.807) is 0 Å². The summed E-state index contributed by atoms with van der Waals surface area (Å²) in [6.45, 7) is 4.70. The highest BCUT2D eigenvalue weighted by Crippen LogP contribution is 2.19. The van der Waals surface area contributed by atoms with E-state index in [0.29, 0.717) is 19.0 Å². The van der Waals surface area contributed by atoms with Gasteiger partial charge in [-0.25, -0.2) is 0 Å². The Labute approximate surface area is 115 Å². The Kier molecular flexibility index (Phi) is 4.80. The Morgan fingerprint density at radius 1 is 1.21 bits per heavy atom. The molecule has 0 spiro atoms. The van der Waals surface area contributed by atoms with Crippen molar-refractivity contribution in [2.45, 2.75) is 51.1 Å². The summed E-state index contributed by atoms with van der Waals surface area (Å²) in [6, 6.07) is 0.00964. The largest absolute Gasteiger partial charge is 0.344 e. The van der Waals surface area contributed by atoms with Gasteiger partial charge in [-0.05, 0) is 39.4 Å². The molecule has 0 bridgehead atoms. The van der Waals surface area contributed by atoms with E-state index in [1.165, 1.54) is 0 Å². The van der Waals surface area contributed by atoms with Gasteiger partial charge in [-0.15, -0.1) is 0 Å². The van der Waals surface area contributed by atoms with Crippen molar-refractivity contribution in [3.8, 4) is 0 Å². The normalized spacial score (nSPS) is 27.3. The second-order valence-electron chi connectivity index (χ2n) is 5.72. The highest BCUT2D eigenvalue weighted by atomic mass is 16.2. The monoisotopic (exact) mass is 267 g/mol. The Balaban J connectivity index is 2.05. The van der Waals surface area contributed by atoms with Crippen LogP contribution in [-0.4, -0.2) is 60.4 Å². The molecule has 5 nitrogen and oxygen atoms in total. The van der Waals surface area contributed by atoms with Gasteiger partial charge in [-0.1, -0.05) is 13.3 Å². The van der Waals surface area contributed by atoms with Gasteiger partial charge in [0.05, 0.1) is 0 Å². The number of carbonyl (C=O) groups is 2. The minimum Gasteiger partial charge on any atom is -0.344 e. The molecule has 2 aliphatic rings. The van der Waals surface area contributed by atoms with Crippen LogP contribution in [0, 0.1) is 0 Å². The van der Waals surface area contributed by atoms with E-state index in [9.17, 15) is 9.59 Å². The van der Waals surface area contributed by atoms with Crippen LogP contribution in [0.4, 0.5) is 0 Å². The van der Waals surface area contributed by atoms with Gasteiger partial charge in [0.25, 0.3) is 0 Å². The van der Waals surface area contributed by atoms with E-state index in [1.807, 2.05) is 11.8 Å². The zero-order valence-electron chi connectivity index (χ0n) is 12.0. The van der Waals surface area contributed by atoms with Crippen molar-refractivity contribution in [2.75, 3.05) is 26.7 Å². The Morgan fingerprint density at radius 2 is 1.89 bits per heavy atom. The molecule has 2 heterocycles. The summed E-state index contributed by atoms with van der Waals surface area (Å²) < 4.78 is 0. The fourth-order valence-electron chi connectivity index (χ4n) is 3.01.